The largest absolute Gasteiger partial charge is 0.394 e. The van der Waals surface area contributed by atoms with E-state index < -0.39 is 18.2 Å². The molecule has 0 aromatic rings. The summed E-state index contributed by atoms with van der Waals surface area (Å²) < 4.78 is 0. The van der Waals surface area contributed by atoms with Crippen LogP contribution < -0.4 is 5.32 Å². The highest BCUT2D eigenvalue weighted by Crippen LogP contribution is 2.16. The van der Waals surface area contributed by atoms with Gasteiger partial charge in [0.25, 0.3) is 0 Å². The molecule has 0 radical (unpaired) electrons. The van der Waals surface area contributed by atoms with Gasteiger partial charge in [-0.25, -0.2) is 0 Å². The van der Waals surface area contributed by atoms with Gasteiger partial charge in [-0.3, -0.25) is 4.79 Å². The predicted molar refractivity (Wildman–Crippen MR) is 227 cm³/mol. The lowest BCUT2D eigenvalue weighted by molar-refractivity contribution is -0.124. The molecule has 0 aliphatic carbocycles. The smallest absolute Gasteiger partial charge is 0.222 e. The Kier molecular flexibility index (Phi) is 41.1. The lowest BCUT2D eigenvalue weighted by Crippen LogP contribution is -2.45. The van der Waals surface area contributed by atoms with Gasteiger partial charge in [-0.05, 0) is 44.9 Å². The van der Waals surface area contributed by atoms with E-state index in [1.165, 1.54) is 167 Å². The van der Waals surface area contributed by atoms with Gasteiger partial charge in [0.2, 0.25) is 5.91 Å². The Hall–Kier alpha value is -1.43. The van der Waals surface area contributed by atoms with Crippen molar-refractivity contribution in [1.82, 2.24) is 5.32 Å². The first-order valence-corrected chi connectivity index (χ1v) is 22.8. The summed E-state index contributed by atoms with van der Waals surface area (Å²) in [5.74, 6) is -0.327. The van der Waals surface area contributed by atoms with Crippen LogP contribution in [0, 0.1) is 0 Å². The van der Waals surface area contributed by atoms with Gasteiger partial charge in [0, 0.05) is 0 Å². The number of carbonyl (C=O) groups excluding carboxylic acids is 1. The van der Waals surface area contributed by atoms with E-state index in [1.54, 1.807) is 6.08 Å². The summed E-state index contributed by atoms with van der Waals surface area (Å²) in [6.45, 7) is 4.20. The molecule has 5 heteroatoms. The number of unbranched alkanes of at least 4 members (excludes halogenated alkanes) is 28. The molecule has 0 aromatic heterocycles. The molecule has 52 heavy (non-hydrogen) atoms. The van der Waals surface area contributed by atoms with Crippen LogP contribution in [0.5, 0.6) is 0 Å². The molecule has 306 valence electrons. The van der Waals surface area contributed by atoms with Crippen LogP contribution in [0.25, 0.3) is 0 Å². The molecule has 1 amide bonds. The Morgan fingerprint density at radius 2 is 0.827 bits per heavy atom. The summed E-state index contributed by atoms with van der Waals surface area (Å²) >= 11 is 0. The van der Waals surface area contributed by atoms with Crippen molar-refractivity contribution in [2.24, 2.45) is 0 Å². The maximum absolute atomic E-state index is 12.4. The van der Waals surface area contributed by atoms with Crippen LogP contribution >= 0.6 is 0 Å². The zero-order chi connectivity index (χ0) is 38.0. The number of aliphatic hydroxyl groups excluding tert-OH is 3. The fourth-order valence-electron chi connectivity index (χ4n) is 6.90. The Labute approximate surface area is 324 Å². The van der Waals surface area contributed by atoms with Crippen molar-refractivity contribution >= 4 is 5.91 Å². The maximum Gasteiger partial charge on any atom is 0.222 e. The van der Waals surface area contributed by atoms with Crippen LogP contribution in [0.1, 0.15) is 232 Å². The van der Waals surface area contributed by atoms with Gasteiger partial charge in [0.05, 0.1) is 31.3 Å². The summed E-state index contributed by atoms with van der Waals surface area (Å²) in [5, 5.41) is 33.2. The van der Waals surface area contributed by atoms with Crippen LogP contribution in [0.15, 0.2) is 36.5 Å². The minimum absolute atomic E-state index is 0.00513. The quantitative estimate of drug-likeness (QED) is 0.0372. The van der Waals surface area contributed by atoms with Crippen molar-refractivity contribution in [2.45, 2.75) is 250 Å². The zero-order valence-electron chi connectivity index (χ0n) is 34.7. The molecule has 0 spiro atoms. The molecular formula is C47H89NO4. The molecule has 0 fully saturated rings. The summed E-state index contributed by atoms with van der Waals surface area (Å²) in [7, 11) is 0. The van der Waals surface area contributed by atoms with E-state index in [2.05, 4.69) is 43.5 Å². The van der Waals surface area contributed by atoms with E-state index in [-0.39, 0.29) is 18.9 Å². The Balaban J connectivity index is 3.69. The fraction of sp³-hybridized carbons (Fsp3) is 0.851. The predicted octanol–water partition coefficient (Wildman–Crippen LogP) is 13.2. The van der Waals surface area contributed by atoms with Crippen molar-refractivity contribution in [3.05, 3.63) is 36.5 Å². The molecule has 3 atom stereocenters. The molecule has 0 aliphatic heterocycles. The van der Waals surface area contributed by atoms with Crippen molar-refractivity contribution in [1.29, 1.82) is 0 Å². The SMILES string of the molecule is CCCCCCCCC/C=C/CC/C=C/CC/C=C/C(O)C(CO)NC(=O)CC(O)CCCCCCCCCCCCCCCCCCCCCC. The number of aliphatic hydroxyl groups is 3. The number of carbonyl (C=O) groups is 1. The Morgan fingerprint density at radius 3 is 1.23 bits per heavy atom. The van der Waals surface area contributed by atoms with E-state index in [9.17, 15) is 20.1 Å². The lowest BCUT2D eigenvalue weighted by Gasteiger charge is -2.21. The topological polar surface area (TPSA) is 89.8 Å². The number of hydrogen-bond acceptors (Lipinski definition) is 4. The van der Waals surface area contributed by atoms with E-state index in [0.29, 0.717) is 6.42 Å². The maximum atomic E-state index is 12.4. The third-order valence-corrected chi connectivity index (χ3v) is 10.4. The van der Waals surface area contributed by atoms with Crippen molar-refractivity contribution in [3.8, 4) is 0 Å². The minimum Gasteiger partial charge on any atom is -0.394 e. The molecule has 0 saturated heterocycles. The molecule has 5 nitrogen and oxygen atoms in total. The van der Waals surface area contributed by atoms with Gasteiger partial charge < -0.3 is 20.6 Å². The molecular weight excluding hydrogens is 643 g/mol. The molecule has 0 heterocycles. The summed E-state index contributed by atoms with van der Waals surface area (Å²) in [6.07, 6.45) is 52.9. The Bertz CT molecular complexity index is 809. The van der Waals surface area contributed by atoms with Gasteiger partial charge in [-0.15, -0.1) is 0 Å². The van der Waals surface area contributed by atoms with Crippen LogP contribution in [0.4, 0.5) is 0 Å². The van der Waals surface area contributed by atoms with Gasteiger partial charge >= 0.3 is 0 Å². The van der Waals surface area contributed by atoms with E-state index in [0.717, 1.165) is 38.5 Å². The number of allylic oxidation sites excluding steroid dienone is 5. The number of nitrogens with one attached hydrogen (secondary N) is 1. The first kappa shape index (κ1) is 50.6. The molecule has 0 rings (SSSR count). The normalized spacial score (nSPS) is 13.9. The highest BCUT2D eigenvalue weighted by atomic mass is 16.3. The zero-order valence-corrected chi connectivity index (χ0v) is 34.7. The lowest BCUT2D eigenvalue weighted by atomic mass is 10.0. The van der Waals surface area contributed by atoms with Crippen LogP contribution in [0.2, 0.25) is 0 Å². The molecule has 0 bridgehead atoms. The minimum atomic E-state index is -0.957. The molecule has 0 saturated carbocycles. The fourth-order valence-corrected chi connectivity index (χ4v) is 6.90. The van der Waals surface area contributed by atoms with E-state index in [4.69, 9.17) is 0 Å². The molecule has 4 N–H and O–H groups in total. The first-order chi connectivity index (χ1) is 25.5. The number of rotatable bonds is 41. The van der Waals surface area contributed by atoms with Crippen molar-refractivity contribution in [2.75, 3.05) is 6.61 Å². The van der Waals surface area contributed by atoms with E-state index >= 15 is 0 Å². The average Bonchev–Trinajstić information content (AvgIpc) is 3.14. The van der Waals surface area contributed by atoms with Crippen LogP contribution in [-0.2, 0) is 4.79 Å². The first-order valence-electron chi connectivity index (χ1n) is 22.8. The van der Waals surface area contributed by atoms with Gasteiger partial charge in [-0.2, -0.15) is 0 Å². The van der Waals surface area contributed by atoms with Gasteiger partial charge in [0.1, 0.15) is 0 Å². The summed E-state index contributed by atoms with van der Waals surface area (Å²) in [4.78, 5) is 12.4. The second-order valence-electron chi connectivity index (χ2n) is 15.6. The molecule has 3 unspecified atom stereocenters. The van der Waals surface area contributed by atoms with Gasteiger partial charge in [-0.1, -0.05) is 217 Å². The van der Waals surface area contributed by atoms with Crippen molar-refractivity contribution < 1.29 is 20.1 Å². The summed E-state index contributed by atoms with van der Waals surface area (Å²) in [6, 6.07) is -0.765. The monoisotopic (exact) mass is 732 g/mol. The number of amides is 1. The summed E-state index contributed by atoms with van der Waals surface area (Å²) in [5.41, 5.74) is 0. The third kappa shape index (κ3) is 38.3. The number of hydrogen-bond donors (Lipinski definition) is 4. The Morgan fingerprint density at radius 1 is 0.481 bits per heavy atom. The molecule has 0 aromatic carbocycles. The third-order valence-electron chi connectivity index (χ3n) is 10.4. The highest BCUT2D eigenvalue weighted by molar-refractivity contribution is 5.76. The standard InChI is InChI=1S/C47H89NO4/c1-3-5-7-9-11-13-15-17-19-21-22-23-25-26-28-30-32-34-36-38-40-44(50)42-47(52)48-45(43-49)46(51)41-39-37-35-33-31-29-27-24-20-18-16-14-12-10-8-6-4-2/h20,24,31,33,39,41,44-46,49-51H,3-19,21-23,25-30,32,34-38,40,42-43H2,1-2H3,(H,48,52)/b24-20+,33-31+,41-39+. The highest BCUT2D eigenvalue weighted by Gasteiger charge is 2.20. The second kappa shape index (κ2) is 42.3. The van der Waals surface area contributed by atoms with Gasteiger partial charge in [0.15, 0.2) is 0 Å². The molecule has 0 aliphatic rings. The van der Waals surface area contributed by atoms with E-state index in [1.807, 2.05) is 6.08 Å². The van der Waals surface area contributed by atoms with Crippen LogP contribution in [-0.4, -0.2) is 46.1 Å². The second-order valence-corrected chi connectivity index (χ2v) is 15.6. The van der Waals surface area contributed by atoms with Crippen LogP contribution in [0.3, 0.4) is 0 Å². The average molecular weight is 732 g/mol. The van der Waals surface area contributed by atoms with Crippen molar-refractivity contribution in [3.63, 3.8) is 0 Å².